The third-order valence-electron chi connectivity index (χ3n) is 4.20. The number of hydrogen-bond donors (Lipinski definition) is 3. The van der Waals surface area contributed by atoms with Gasteiger partial charge in [0, 0.05) is 6.42 Å². The first-order valence-electron chi connectivity index (χ1n) is 6.66. The first kappa shape index (κ1) is 12.9. The third kappa shape index (κ3) is 1.69. The number of nitrogen functional groups attached to an aromatic ring is 1. The van der Waals surface area contributed by atoms with Crippen LogP contribution >= 0.6 is 0 Å². The Morgan fingerprint density at radius 3 is 3.10 bits per heavy atom. The minimum absolute atomic E-state index is 0.162. The molecule has 1 unspecified atom stereocenters. The van der Waals surface area contributed by atoms with Crippen molar-refractivity contribution < 1.29 is 19.7 Å². The smallest absolute Gasteiger partial charge is 0.167 e. The molecule has 9 heteroatoms. The Bertz CT molecular complexity index is 691. The molecule has 2 bridgehead atoms. The molecule has 0 radical (unpaired) electrons. The molecule has 2 saturated heterocycles. The van der Waals surface area contributed by atoms with Gasteiger partial charge in [0.1, 0.15) is 29.8 Å². The summed E-state index contributed by atoms with van der Waals surface area (Å²) in [4.78, 5) is 12.3. The van der Waals surface area contributed by atoms with Crippen LogP contribution < -0.4 is 5.73 Å². The third-order valence-corrected chi connectivity index (χ3v) is 4.20. The molecule has 2 aliphatic rings. The molecule has 2 fully saturated rings. The Kier molecular flexibility index (Phi) is 2.67. The van der Waals surface area contributed by atoms with Crippen LogP contribution in [0.5, 0.6) is 0 Å². The summed E-state index contributed by atoms with van der Waals surface area (Å²) in [5.74, 6) is 0.297. The van der Waals surface area contributed by atoms with Gasteiger partial charge in [-0.25, -0.2) is 15.0 Å². The SMILES string of the molecule is Nc1ncnc2c1ncn2[C@H]1CC2OC[C@](CO)(O1)[C@H]2O. The normalized spacial score (nSPS) is 35.4. The number of aromatic nitrogens is 4. The van der Waals surface area contributed by atoms with Crippen molar-refractivity contribution >= 4 is 17.0 Å². The summed E-state index contributed by atoms with van der Waals surface area (Å²) in [5.41, 5.74) is 5.72. The number of fused-ring (bicyclic) bond motifs is 3. The van der Waals surface area contributed by atoms with Gasteiger partial charge in [-0.3, -0.25) is 4.57 Å². The molecule has 4 N–H and O–H groups in total. The number of aliphatic hydroxyl groups is 2. The molecule has 0 spiro atoms. The number of rotatable bonds is 2. The van der Waals surface area contributed by atoms with Crippen molar-refractivity contribution in [2.75, 3.05) is 18.9 Å². The summed E-state index contributed by atoms with van der Waals surface area (Å²) in [6.07, 6.45) is 1.72. The zero-order chi connectivity index (χ0) is 14.6. The van der Waals surface area contributed by atoms with Crippen LogP contribution in [0.15, 0.2) is 12.7 Å². The van der Waals surface area contributed by atoms with E-state index in [1.807, 2.05) is 0 Å². The molecule has 0 amide bonds. The van der Waals surface area contributed by atoms with Gasteiger partial charge in [0.25, 0.3) is 0 Å². The first-order chi connectivity index (χ1) is 10.1. The van der Waals surface area contributed by atoms with E-state index in [1.54, 1.807) is 10.9 Å². The number of anilines is 1. The van der Waals surface area contributed by atoms with Gasteiger partial charge in [-0.05, 0) is 0 Å². The van der Waals surface area contributed by atoms with Crippen LogP contribution in [-0.2, 0) is 9.47 Å². The molecule has 21 heavy (non-hydrogen) atoms. The van der Waals surface area contributed by atoms with Crippen molar-refractivity contribution in [3.05, 3.63) is 12.7 Å². The minimum Gasteiger partial charge on any atom is -0.393 e. The predicted octanol–water partition coefficient (Wildman–Crippen LogP) is -1.18. The molecule has 4 heterocycles. The Hall–Kier alpha value is -1.81. The predicted molar refractivity (Wildman–Crippen MR) is 70.0 cm³/mol. The quantitative estimate of drug-likeness (QED) is 0.631. The maximum atomic E-state index is 10.2. The van der Waals surface area contributed by atoms with Crippen molar-refractivity contribution in [1.29, 1.82) is 0 Å². The Morgan fingerprint density at radius 2 is 2.29 bits per heavy atom. The molecule has 2 aromatic rings. The van der Waals surface area contributed by atoms with Crippen molar-refractivity contribution in [3.8, 4) is 0 Å². The van der Waals surface area contributed by atoms with E-state index in [0.717, 1.165) is 0 Å². The maximum Gasteiger partial charge on any atom is 0.167 e. The molecule has 0 saturated carbocycles. The topological polar surface area (TPSA) is 129 Å². The number of hydrogen-bond acceptors (Lipinski definition) is 8. The highest BCUT2D eigenvalue weighted by Gasteiger charge is 2.56. The van der Waals surface area contributed by atoms with Crippen molar-refractivity contribution in [2.24, 2.45) is 0 Å². The van der Waals surface area contributed by atoms with Crippen molar-refractivity contribution in [3.63, 3.8) is 0 Å². The first-order valence-corrected chi connectivity index (χ1v) is 6.66. The fourth-order valence-corrected chi connectivity index (χ4v) is 3.01. The molecule has 112 valence electrons. The van der Waals surface area contributed by atoms with Crippen molar-refractivity contribution in [1.82, 2.24) is 19.5 Å². The number of ether oxygens (including phenoxy) is 2. The van der Waals surface area contributed by atoms with Gasteiger partial charge < -0.3 is 25.4 Å². The average Bonchev–Trinajstić information content (AvgIpc) is 2.98. The highest BCUT2D eigenvalue weighted by atomic mass is 16.6. The van der Waals surface area contributed by atoms with E-state index in [1.165, 1.54) is 6.33 Å². The lowest BCUT2D eigenvalue weighted by atomic mass is 9.92. The van der Waals surface area contributed by atoms with Gasteiger partial charge in [0.2, 0.25) is 0 Å². The van der Waals surface area contributed by atoms with Gasteiger partial charge in [-0.1, -0.05) is 0 Å². The lowest BCUT2D eigenvalue weighted by Gasteiger charge is -2.39. The van der Waals surface area contributed by atoms with E-state index in [-0.39, 0.29) is 19.3 Å². The standard InChI is InChI=1S/C12H15N5O4/c13-10-8-11(15-4-14-10)17(5-16-8)7-1-6-9(19)12(2-18,21-7)3-20-6/h4-7,9,18-19H,1-3H2,(H2,13,14,15)/t6?,7-,9+,12+/m1/s1. The summed E-state index contributed by atoms with van der Waals surface area (Å²) in [6, 6.07) is 0. The van der Waals surface area contributed by atoms with Gasteiger partial charge in [0.15, 0.2) is 11.5 Å². The number of nitrogens with zero attached hydrogens (tertiary/aromatic N) is 4. The van der Waals surface area contributed by atoms with Gasteiger partial charge in [-0.2, -0.15) is 0 Å². The van der Waals surface area contributed by atoms with E-state index in [0.29, 0.717) is 23.4 Å². The van der Waals surface area contributed by atoms with E-state index < -0.39 is 17.9 Å². The summed E-state index contributed by atoms with van der Waals surface area (Å²) >= 11 is 0. The van der Waals surface area contributed by atoms with Crippen LogP contribution in [0, 0.1) is 0 Å². The molecule has 4 rings (SSSR count). The van der Waals surface area contributed by atoms with E-state index in [2.05, 4.69) is 15.0 Å². The number of imidazole rings is 1. The summed E-state index contributed by atoms with van der Waals surface area (Å²) in [5, 5.41) is 19.7. The molecule has 4 atom stereocenters. The van der Waals surface area contributed by atoms with E-state index in [9.17, 15) is 10.2 Å². The van der Waals surface area contributed by atoms with Crippen LogP contribution in [0.3, 0.4) is 0 Å². The number of nitrogens with two attached hydrogens (primary N) is 1. The monoisotopic (exact) mass is 293 g/mol. The fourth-order valence-electron chi connectivity index (χ4n) is 3.01. The molecule has 0 aromatic carbocycles. The van der Waals surface area contributed by atoms with Crippen LogP contribution in [-0.4, -0.2) is 60.8 Å². The van der Waals surface area contributed by atoms with Crippen molar-refractivity contribution in [2.45, 2.75) is 30.5 Å². The van der Waals surface area contributed by atoms with Crippen LogP contribution in [0.25, 0.3) is 11.2 Å². The zero-order valence-electron chi connectivity index (χ0n) is 11.1. The Morgan fingerprint density at radius 1 is 1.43 bits per heavy atom. The molecule has 2 aliphatic heterocycles. The highest BCUT2D eigenvalue weighted by molar-refractivity contribution is 5.81. The number of aliphatic hydroxyl groups excluding tert-OH is 2. The Labute approximate surface area is 119 Å². The van der Waals surface area contributed by atoms with Crippen LogP contribution in [0.4, 0.5) is 5.82 Å². The summed E-state index contributed by atoms with van der Waals surface area (Å²) in [6.45, 7) is -0.152. The second-order valence-electron chi connectivity index (χ2n) is 5.41. The zero-order valence-corrected chi connectivity index (χ0v) is 11.1. The maximum absolute atomic E-state index is 10.2. The summed E-state index contributed by atoms with van der Waals surface area (Å²) < 4.78 is 13.2. The second-order valence-corrected chi connectivity index (χ2v) is 5.41. The molecular formula is C12H15N5O4. The van der Waals surface area contributed by atoms with Crippen LogP contribution in [0.2, 0.25) is 0 Å². The largest absolute Gasteiger partial charge is 0.393 e. The lowest BCUT2D eigenvalue weighted by molar-refractivity contribution is -0.206. The fraction of sp³-hybridized carbons (Fsp3) is 0.583. The molecule has 0 aliphatic carbocycles. The lowest BCUT2D eigenvalue weighted by Crippen LogP contribution is -2.54. The molecule has 9 nitrogen and oxygen atoms in total. The minimum atomic E-state index is -1.09. The van der Waals surface area contributed by atoms with Crippen LogP contribution in [0.1, 0.15) is 12.6 Å². The summed E-state index contributed by atoms with van der Waals surface area (Å²) in [7, 11) is 0. The van der Waals surface area contributed by atoms with Gasteiger partial charge in [-0.15, -0.1) is 0 Å². The molecular weight excluding hydrogens is 278 g/mol. The van der Waals surface area contributed by atoms with Gasteiger partial charge in [0.05, 0.1) is 25.6 Å². The average molecular weight is 293 g/mol. The van der Waals surface area contributed by atoms with E-state index >= 15 is 0 Å². The van der Waals surface area contributed by atoms with Gasteiger partial charge >= 0.3 is 0 Å². The second kappa shape index (κ2) is 4.34. The Balaban J connectivity index is 1.75. The van der Waals surface area contributed by atoms with E-state index in [4.69, 9.17) is 15.2 Å². The molecule has 2 aromatic heterocycles. The highest BCUT2D eigenvalue weighted by Crippen LogP contribution is 2.42.